The lowest BCUT2D eigenvalue weighted by Crippen LogP contribution is -2.51. The number of nitro groups is 1. The van der Waals surface area contributed by atoms with Gasteiger partial charge in [-0.3, -0.25) is 24.5 Å². The summed E-state index contributed by atoms with van der Waals surface area (Å²) >= 11 is 0. The van der Waals surface area contributed by atoms with Crippen molar-refractivity contribution in [1.82, 2.24) is 0 Å². The first kappa shape index (κ1) is 26.3. The van der Waals surface area contributed by atoms with Crippen molar-refractivity contribution >= 4 is 40.6 Å². The number of nitrogens with zero attached hydrogens (tertiary/aromatic N) is 2. The van der Waals surface area contributed by atoms with Crippen LogP contribution in [0.2, 0.25) is 0 Å². The van der Waals surface area contributed by atoms with Gasteiger partial charge >= 0.3 is 0 Å². The molecule has 0 bridgehead atoms. The van der Waals surface area contributed by atoms with E-state index in [1.807, 2.05) is 59.5 Å². The molecule has 1 N–H and O–H groups in total. The monoisotopic (exact) mass is 571 g/mol. The number of nitro benzene ring substituents is 1. The van der Waals surface area contributed by atoms with E-state index < -0.39 is 34.1 Å². The number of Topliss-reactive ketones (excluding diaryl/α,β-unsaturated/α-hetero) is 2. The van der Waals surface area contributed by atoms with Gasteiger partial charge in [0.05, 0.1) is 24.0 Å². The van der Waals surface area contributed by atoms with Gasteiger partial charge in [-0.05, 0) is 47.5 Å². The standard InChI is InChI=1S/C34H25N3O6/c1-43-24-9-6-8-22(19-24)31(38)29-30(32(39)21-13-16-23(17-14-21)37(41)42)36-27-12-5-2-7-20(27)15-18-28(36)34(29)25-10-3-4-11-26(25)35-33(34)40/h2-19,28-30H,1H3,(H,35,40). The molecule has 212 valence electrons. The van der Waals surface area contributed by atoms with Crippen LogP contribution in [0.25, 0.3) is 6.08 Å². The maximum Gasteiger partial charge on any atom is 0.269 e. The Morgan fingerprint density at radius 2 is 1.65 bits per heavy atom. The summed E-state index contributed by atoms with van der Waals surface area (Å²) < 4.78 is 5.40. The van der Waals surface area contributed by atoms with Gasteiger partial charge < -0.3 is 15.0 Å². The third-order valence-electron chi connectivity index (χ3n) is 8.81. The smallest absolute Gasteiger partial charge is 0.269 e. The molecular formula is C34H25N3O6. The van der Waals surface area contributed by atoms with Crippen LogP contribution >= 0.6 is 0 Å². The first-order valence-corrected chi connectivity index (χ1v) is 13.8. The van der Waals surface area contributed by atoms with Crippen LogP contribution in [0.5, 0.6) is 5.75 Å². The minimum absolute atomic E-state index is 0.156. The molecule has 4 aromatic carbocycles. The highest BCUT2D eigenvalue weighted by Crippen LogP contribution is 2.58. The van der Waals surface area contributed by atoms with Crippen LogP contribution in [0.4, 0.5) is 17.1 Å². The molecule has 1 spiro atoms. The maximum absolute atomic E-state index is 14.8. The molecule has 7 rings (SSSR count). The van der Waals surface area contributed by atoms with Crippen molar-refractivity contribution in [1.29, 1.82) is 0 Å². The van der Waals surface area contributed by atoms with Gasteiger partial charge in [-0.2, -0.15) is 0 Å². The first-order chi connectivity index (χ1) is 20.9. The number of rotatable bonds is 6. The molecule has 4 aromatic rings. The van der Waals surface area contributed by atoms with Crippen molar-refractivity contribution in [3.05, 3.63) is 136 Å². The zero-order valence-corrected chi connectivity index (χ0v) is 23.0. The number of methoxy groups -OCH3 is 1. The zero-order chi connectivity index (χ0) is 29.9. The van der Waals surface area contributed by atoms with E-state index in [4.69, 9.17) is 4.74 Å². The fourth-order valence-corrected chi connectivity index (χ4v) is 6.99. The zero-order valence-electron chi connectivity index (χ0n) is 23.0. The van der Waals surface area contributed by atoms with Crippen LogP contribution in [0, 0.1) is 16.0 Å². The summed E-state index contributed by atoms with van der Waals surface area (Å²) in [6.45, 7) is 0. The fourth-order valence-electron chi connectivity index (χ4n) is 6.99. The number of ether oxygens (including phenoxy) is 1. The van der Waals surface area contributed by atoms with Crippen molar-refractivity contribution in [2.75, 3.05) is 17.3 Å². The number of anilines is 2. The van der Waals surface area contributed by atoms with Crippen LogP contribution in [0.3, 0.4) is 0 Å². The Morgan fingerprint density at radius 1 is 0.907 bits per heavy atom. The Hall–Kier alpha value is -5.57. The van der Waals surface area contributed by atoms with Gasteiger partial charge in [0.2, 0.25) is 5.91 Å². The molecular weight excluding hydrogens is 546 g/mol. The van der Waals surface area contributed by atoms with E-state index in [0.29, 0.717) is 28.3 Å². The Morgan fingerprint density at radius 3 is 2.42 bits per heavy atom. The maximum atomic E-state index is 14.8. The third-order valence-corrected chi connectivity index (χ3v) is 8.81. The summed E-state index contributed by atoms with van der Waals surface area (Å²) in [7, 11) is 1.50. The van der Waals surface area contributed by atoms with Gasteiger partial charge in [-0.15, -0.1) is 0 Å². The topological polar surface area (TPSA) is 119 Å². The first-order valence-electron chi connectivity index (χ1n) is 13.8. The van der Waals surface area contributed by atoms with Crippen LogP contribution in [0.1, 0.15) is 31.8 Å². The minimum atomic E-state index is -1.46. The van der Waals surface area contributed by atoms with E-state index in [2.05, 4.69) is 5.32 Å². The molecule has 3 heterocycles. The quantitative estimate of drug-likeness (QED) is 0.185. The second-order valence-electron chi connectivity index (χ2n) is 10.8. The molecule has 0 aromatic heterocycles. The van der Waals surface area contributed by atoms with Gasteiger partial charge in [-0.25, -0.2) is 0 Å². The average molecular weight is 572 g/mol. The molecule has 0 aliphatic carbocycles. The van der Waals surface area contributed by atoms with E-state index in [9.17, 15) is 24.5 Å². The lowest BCUT2D eigenvalue weighted by Gasteiger charge is -2.37. The second kappa shape index (κ2) is 9.77. The highest BCUT2D eigenvalue weighted by Gasteiger charge is 2.70. The minimum Gasteiger partial charge on any atom is -0.497 e. The number of non-ortho nitro benzene ring substituents is 1. The third kappa shape index (κ3) is 3.74. The summed E-state index contributed by atoms with van der Waals surface area (Å²) in [5.74, 6) is -1.86. The highest BCUT2D eigenvalue weighted by atomic mass is 16.6. The van der Waals surface area contributed by atoms with Crippen molar-refractivity contribution < 1.29 is 24.0 Å². The molecule has 1 saturated heterocycles. The molecule has 9 heteroatoms. The van der Waals surface area contributed by atoms with Crippen molar-refractivity contribution in [3.8, 4) is 5.75 Å². The molecule has 3 aliphatic heterocycles. The number of benzene rings is 4. The second-order valence-corrected chi connectivity index (χ2v) is 10.8. The Bertz CT molecular complexity index is 1870. The number of fused-ring (bicyclic) bond motifs is 6. The normalized spacial score (nSPS) is 22.9. The van der Waals surface area contributed by atoms with E-state index in [1.165, 1.54) is 31.4 Å². The van der Waals surface area contributed by atoms with Crippen LogP contribution in [-0.2, 0) is 10.2 Å². The fraction of sp³-hybridized carbons (Fsp3) is 0.147. The number of hydrogen-bond acceptors (Lipinski definition) is 7. The lowest BCUT2D eigenvalue weighted by atomic mass is 9.64. The summed E-state index contributed by atoms with van der Waals surface area (Å²) in [4.78, 5) is 56.6. The number of amides is 1. The van der Waals surface area contributed by atoms with Gasteiger partial charge in [0.15, 0.2) is 11.6 Å². The van der Waals surface area contributed by atoms with Gasteiger partial charge in [-0.1, -0.05) is 60.7 Å². The van der Waals surface area contributed by atoms with Crippen LogP contribution < -0.4 is 15.0 Å². The molecule has 9 nitrogen and oxygen atoms in total. The number of para-hydroxylation sites is 2. The Balaban J connectivity index is 1.51. The Kier molecular flexibility index (Phi) is 5.98. The molecule has 4 unspecified atom stereocenters. The molecule has 0 radical (unpaired) electrons. The predicted octanol–water partition coefficient (Wildman–Crippen LogP) is 5.46. The summed E-state index contributed by atoms with van der Waals surface area (Å²) in [5.41, 5.74) is 1.68. The number of nitrogens with one attached hydrogen (secondary N) is 1. The van der Waals surface area contributed by atoms with Crippen LogP contribution in [-0.4, -0.2) is 41.6 Å². The van der Waals surface area contributed by atoms with E-state index in [1.54, 1.807) is 30.3 Å². The number of hydrogen-bond donors (Lipinski definition) is 1. The number of carbonyl (C=O) groups is 3. The predicted molar refractivity (Wildman–Crippen MR) is 161 cm³/mol. The number of carbonyl (C=O) groups excluding carboxylic acids is 3. The van der Waals surface area contributed by atoms with Gasteiger partial charge in [0.25, 0.3) is 5.69 Å². The lowest BCUT2D eigenvalue weighted by molar-refractivity contribution is -0.384. The van der Waals surface area contributed by atoms with Gasteiger partial charge in [0, 0.05) is 34.6 Å². The SMILES string of the molecule is COc1cccc(C(=O)C2C(C(=O)c3ccc([N+](=O)[O-])cc3)N3c4ccccc4C=CC3C23C(=O)Nc2ccccc23)c1. The summed E-state index contributed by atoms with van der Waals surface area (Å²) in [6.07, 6.45) is 3.83. The molecule has 0 saturated carbocycles. The molecule has 43 heavy (non-hydrogen) atoms. The van der Waals surface area contributed by atoms with Crippen molar-refractivity contribution in [2.24, 2.45) is 5.92 Å². The Labute approximate surface area is 246 Å². The van der Waals surface area contributed by atoms with Crippen LogP contribution in [0.15, 0.2) is 103 Å². The molecule has 3 aliphatic rings. The van der Waals surface area contributed by atoms with Crippen molar-refractivity contribution in [2.45, 2.75) is 17.5 Å². The van der Waals surface area contributed by atoms with Crippen molar-refractivity contribution in [3.63, 3.8) is 0 Å². The van der Waals surface area contributed by atoms with E-state index in [-0.39, 0.29) is 22.9 Å². The van der Waals surface area contributed by atoms with E-state index in [0.717, 1.165) is 5.56 Å². The number of ketones is 2. The summed E-state index contributed by atoms with van der Waals surface area (Å²) in [6, 6.07) is 25.1. The molecule has 1 amide bonds. The molecule has 4 atom stereocenters. The van der Waals surface area contributed by atoms with E-state index >= 15 is 0 Å². The highest BCUT2D eigenvalue weighted by molar-refractivity contribution is 6.18. The summed E-state index contributed by atoms with van der Waals surface area (Å²) in [5, 5.41) is 14.3. The largest absolute Gasteiger partial charge is 0.497 e. The molecule has 1 fully saturated rings. The average Bonchev–Trinajstić information content (AvgIpc) is 3.52. The van der Waals surface area contributed by atoms with Gasteiger partial charge in [0.1, 0.15) is 17.2 Å².